The molecule has 3 heterocycles. The third-order valence-electron chi connectivity index (χ3n) is 10.0. The first-order valence-corrected chi connectivity index (χ1v) is 18.7. The van der Waals surface area contributed by atoms with E-state index in [0.717, 1.165) is 55.3 Å². The van der Waals surface area contributed by atoms with Gasteiger partial charge in [-0.15, -0.1) is 0 Å². The van der Waals surface area contributed by atoms with Crippen LogP contribution in [0.15, 0.2) is 164 Å². The number of para-hydroxylation sites is 1. The SMILES string of the molecule is O=C(O)NCCOc1cccc(-c2cccc3[nH]c(-c4nn(C(c5ccccc5)(c5ccccc5)c5ccccc5)c5ccc(-c6cncc(Cl)n6)cc45)nc23)c1. The molecule has 11 heteroatoms. The predicted octanol–water partition coefficient (Wildman–Crippen LogP) is 9.84. The highest BCUT2D eigenvalue weighted by molar-refractivity contribution is 6.29. The van der Waals surface area contributed by atoms with Gasteiger partial charge in [0.15, 0.2) is 5.82 Å². The molecule has 0 aliphatic heterocycles. The predicted molar refractivity (Wildman–Crippen MR) is 222 cm³/mol. The molecular formula is C46H34ClN7O3. The number of hydrogen-bond donors (Lipinski definition) is 3. The fraction of sp³-hybridized carbons (Fsp3) is 0.0652. The summed E-state index contributed by atoms with van der Waals surface area (Å²) in [6.07, 6.45) is 2.13. The van der Waals surface area contributed by atoms with Gasteiger partial charge in [0.05, 0.1) is 41.2 Å². The number of amides is 1. The van der Waals surface area contributed by atoms with Crippen molar-refractivity contribution in [1.29, 1.82) is 0 Å². The Hall–Kier alpha value is -7.30. The number of nitrogens with one attached hydrogen (secondary N) is 2. The quantitative estimate of drug-likeness (QED) is 0.0882. The molecule has 0 fully saturated rings. The lowest BCUT2D eigenvalue weighted by Crippen LogP contribution is -2.38. The molecule has 0 aliphatic carbocycles. The fourth-order valence-electron chi connectivity index (χ4n) is 7.55. The highest BCUT2D eigenvalue weighted by Crippen LogP contribution is 2.44. The highest BCUT2D eigenvalue weighted by Gasteiger charge is 2.41. The van der Waals surface area contributed by atoms with Crippen LogP contribution in [0.3, 0.4) is 0 Å². The van der Waals surface area contributed by atoms with Crippen molar-refractivity contribution in [2.45, 2.75) is 5.54 Å². The Morgan fingerprint density at radius 3 is 2.11 bits per heavy atom. The van der Waals surface area contributed by atoms with Gasteiger partial charge in [0.1, 0.15) is 28.7 Å². The van der Waals surface area contributed by atoms with E-state index < -0.39 is 11.6 Å². The number of halogens is 1. The Kier molecular flexibility index (Phi) is 9.37. The number of H-pyrrole nitrogens is 1. The Labute approximate surface area is 332 Å². The lowest BCUT2D eigenvalue weighted by atomic mass is 9.77. The largest absolute Gasteiger partial charge is 0.492 e. The summed E-state index contributed by atoms with van der Waals surface area (Å²) >= 11 is 6.33. The van der Waals surface area contributed by atoms with Crippen molar-refractivity contribution in [3.63, 3.8) is 0 Å². The van der Waals surface area contributed by atoms with Crippen LogP contribution in [0.1, 0.15) is 16.7 Å². The fourth-order valence-corrected chi connectivity index (χ4v) is 7.70. The molecule has 0 bridgehead atoms. The number of aromatic amines is 1. The van der Waals surface area contributed by atoms with Crippen LogP contribution in [0.2, 0.25) is 5.15 Å². The van der Waals surface area contributed by atoms with E-state index in [4.69, 9.17) is 31.5 Å². The van der Waals surface area contributed by atoms with Gasteiger partial charge in [-0.25, -0.2) is 19.4 Å². The Morgan fingerprint density at radius 1 is 0.754 bits per heavy atom. The minimum absolute atomic E-state index is 0.171. The highest BCUT2D eigenvalue weighted by atomic mass is 35.5. The number of imidazole rings is 1. The van der Waals surface area contributed by atoms with Crippen molar-refractivity contribution in [3.8, 4) is 39.7 Å². The van der Waals surface area contributed by atoms with Crippen LogP contribution in [-0.4, -0.2) is 54.1 Å². The van der Waals surface area contributed by atoms with E-state index in [2.05, 4.69) is 110 Å². The van der Waals surface area contributed by atoms with E-state index in [1.165, 1.54) is 6.20 Å². The van der Waals surface area contributed by atoms with E-state index in [0.29, 0.717) is 28.1 Å². The van der Waals surface area contributed by atoms with Gasteiger partial charge in [0.2, 0.25) is 0 Å². The molecular weight excluding hydrogens is 734 g/mol. The lowest BCUT2D eigenvalue weighted by molar-refractivity contribution is 0.191. The Bertz CT molecular complexity index is 2770. The van der Waals surface area contributed by atoms with Gasteiger partial charge in [-0.1, -0.05) is 133 Å². The summed E-state index contributed by atoms with van der Waals surface area (Å²) in [6, 6.07) is 51.2. The monoisotopic (exact) mass is 767 g/mol. The molecule has 0 unspecified atom stereocenters. The van der Waals surface area contributed by atoms with Crippen molar-refractivity contribution in [1.82, 2.24) is 35.0 Å². The molecule has 0 radical (unpaired) electrons. The topological polar surface area (TPSA) is 131 Å². The molecule has 0 saturated carbocycles. The zero-order valence-electron chi connectivity index (χ0n) is 30.4. The maximum absolute atomic E-state index is 10.9. The Morgan fingerprint density at radius 2 is 1.44 bits per heavy atom. The third-order valence-corrected chi connectivity index (χ3v) is 10.2. The van der Waals surface area contributed by atoms with Gasteiger partial charge in [-0.2, -0.15) is 5.10 Å². The second kappa shape index (κ2) is 15.1. The molecule has 1 amide bonds. The molecule has 0 atom stereocenters. The molecule has 0 saturated heterocycles. The molecule has 6 aromatic carbocycles. The van der Waals surface area contributed by atoms with E-state index >= 15 is 0 Å². The molecule has 9 aromatic rings. The molecule has 57 heavy (non-hydrogen) atoms. The maximum Gasteiger partial charge on any atom is 0.404 e. The molecule has 3 aromatic heterocycles. The smallest absolute Gasteiger partial charge is 0.404 e. The molecule has 3 N–H and O–H groups in total. The molecule has 0 spiro atoms. The van der Waals surface area contributed by atoms with E-state index in [1.54, 1.807) is 6.20 Å². The van der Waals surface area contributed by atoms with E-state index in [1.807, 2.05) is 66.7 Å². The number of benzene rings is 6. The van der Waals surface area contributed by atoms with Gasteiger partial charge in [-0.05, 0) is 52.6 Å². The number of carboxylic acid groups (broad SMARTS) is 1. The number of hydrogen-bond acceptors (Lipinski definition) is 6. The summed E-state index contributed by atoms with van der Waals surface area (Å²) in [7, 11) is 0. The van der Waals surface area contributed by atoms with E-state index in [-0.39, 0.29) is 13.2 Å². The first kappa shape index (κ1) is 35.4. The van der Waals surface area contributed by atoms with Crippen molar-refractivity contribution in [3.05, 3.63) is 186 Å². The Balaban J connectivity index is 1.28. The number of carbonyl (C=O) groups is 1. The number of nitrogens with zero attached hydrogens (tertiary/aromatic N) is 5. The number of fused-ring (bicyclic) bond motifs is 2. The standard InChI is InChI=1S/C46H34ClN7O3/c47-41-29-48-28-39(50-41)31-22-23-40-37(27-31)43(44-51-38-21-11-20-36(42(38)52-44)30-12-10-19-35(26-30)57-25-24-49-45(55)56)53-54(40)46(32-13-4-1-5-14-32,33-15-6-2-7-16-33)34-17-8-3-9-18-34/h1-23,26-29,49H,24-25H2,(H,51,52)(H,55,56). The van der Waals surface area contributed by atoms with Crippen LogP contribution in [0.25, 0.3) is 55.8 Å². The van der Waals surface area contributed by atoms with Gasteiger partial charge in [0.25, 0.3) is 0 Å². The second-order valence-corrected chi connectivity index (χ2v) is 13.8. The van der Waals surface area contributed by atoms with Crippen LogP contribution >= 0.6 is 11.6 Å². The summed E-state index contributed by atoms with van der Waals surface area (Å²) in [4.78, 5) is 28.7. The lowest BCUT2D eigenvalue weighted by Gasteiger charge is -2.37. The van der Waals surface area contributed by atoms with Gasteiger partial charge >= 0.3 is 6.09 Å². The normalized spacial score (nSPS) is 11.5. The minimum atomic E-state index is -1.09. The number of rotatable bonds is 11. The number of aromatic nitrogens is 6. The van der Waals surface area contributed by atoms with Crippen molar-refractivity contribution < 1.29 is 14.6 Å². The molecule has 10 nitrogen and oxygen atoms in total. The zero-order chi connectivity index (χ0) is 38.8. The van der Waals surface area contributed by atoms with E-state index in [9.17, 15) is 4.79 Å². The van der Waals surface area contributed by atoms with Crippen LogP contribution in [-0.2, 0) is 5.54 Å². The van der Waals surface area contributed by atoms with Crippen molar-refractivity contribution in [2.75, 3.05) is 13.2 Å². The summed E-state index contributed by atoms with van der Waals surface area (Å²) in [5.41, 5.74) is 8.61. The minimum Gasteiger partial charge on any atom is -0.492 e. The van der Waals surface area contributed by atoms with Gasteiger partial charge in [-0.3, -0.25) is 4.98 Å². The summed E-state index contributed by atoms with van der Waals surface area (Å²) in [6.45, 7) is 0.367. The summed E-state index contributed by atoms with van der Waals surface area (Å²) < 4.78 is 7.99. The zero-order valence-corrected chi connectivity index (χ0v) is 31.1. The van der Waals surface area contributed by atoms with Crippen molar-refractivity contribution in [2.24, 2.45) is 0 Å². The first-order valence-electron chi connectivity index (χ1n) is 18.4. The van der Waals surface area contributed by atoms with Crippen molar-refractivity contribution >= 4 is 39.6 Å². The van der Waals surface area contributed by atoms with Crippen LogP contribution in [0.5, 0.6) is 5.75 Å². The average Bonchev–Trinajstić information content (AvgIpc) is 3.86. The molecule has 9 rings (SSSR count). The number of ether oxygens (including phenoxy) is 1. The van der Waals surface area contributed by atoms with Crippen LogP contribution in [0.4, 0.5) is 4.79 Å². The molecule has 0 aliphatic rings. The second-order valence-electron chi connectivity index (χ2n) is 13.4. The van der Waals surface area contributed by atoms with Gasteiger partial charge in [0, 0.05) is 16.5 Å². The summed E-state index contributed by atoms with van der Waals surface area (Å²) in [5.74, 6) is 1.21. The molecule has 278 valence electrons. The first-order chi connectivity index (χ1) is 28.0. The summed E-state index contributed by atoms with van der Waals surface area (Å²) in [5, 5.41) is 18.0. The van der Waals surface area contributed by atoms with Gasteiger partial charge < -0.3 is 20.1 Å². The van der Waals surface area contributed by atoms with Crippen LogP contribution in [0, 0.1) is 0 Å². The van der Waals surface area contributed by atoms with Crippen LogP contribution < -0.4 is 10.1 Å². The average molecular weight is 768 g/mol. The third kappa shape index (κ3) is 6.62. The maximum atomic E-state index is 10.9.